The van der Waals surface area contributed by atoms with Gasteiger partial charge in [0.2, 0.25) is 5.91 Å². The molecule has 1 aliphatic rings. The fraction of sp³-hybridized carbons (Fsp3) is 0.364. The van der Waals surface area contributed by atoms with Gasteiger partial charge in [-0.05, 0) is 30.0 Å². The second kappa shape index (κ2) is 7.87. The van der Waals surface area contributed by atoms with E-state index in [4.69, 9.17) is 5.73 Å². The number of carbonyl (C=O) groups is 1. The van der Waals surface area contributed by atoms with Crippen molar-refractivity contribution in [2.75, 3.05) is 13.1 Å². The molecule has 0 spiro atoms. The molecule has 2 N–H and O–H groups in total. The van der Waals surface area contributed by atoms with Crippen molar-refractivity contribution in [2.45, 2.75) is 24.8 Å². The molecule has 0 unspecified atom stereocenters. The quantitative estimate of drug-likeness (QED) is 0.699. The van der Waals surface area contributed by atoms with Crippen molar-refractivity contribution in [3.05, 3.63) is 74.6 Å². The number of fused-ring (bicyclic) bond motifs is 1. The Balaban J connectivity index is 1.69. The van der Waals surface area contributed by atoms with Gasteiger partial charge in [0, 0.05) is 39.3 Å². The van der Waals surface area contributed by atoms with Gasteiger partial charge in [0.15, 0.2) is 0 Å². The molecule has 30 heavy (non-hydrogen) atoms. The van der Waals surface area contributed by atoms with Crippen molar-refractivity contribution in [1.82, 2.24) is 19.0 Å². The Hall–Kier alpha value is -3.26. The van der Waals surface area contributed by atoms with Gasteiger partial charge < -0.3 is 10.6 Å². The molecule has 1 fully saturated rings. The standard InChI is InChI=1S/C22H25N5O3/c1-25-19-17(20(28)26(2)22(25)30)16(10-11-24-19)15-9-6-12-27(13-15)21(29)18(23)14-7-4-3-5-8-14/h3-5,7-8,10-11,15,18H,6,9,12-13,23H2,1-2H3/t15-,18+/m1/s1. The van der Waals surface area contributed by atoms with Crippen molar-refractivity contribution < 1.29 is 4.79 Å². The molecule has 2 aromatic heterocycles. The Labute approximate surface area is 173 Å². The van der Waals surface area contributed by atoms with Crippen LogP contribution in [0.3, 0.4) is 0 Å². The van der Waals surface area contributed by atoms with Gasteiger partial charge in [-0.3, -0.25) is 18.7 Å². The minimum atomic E-state index is -0.715. The van der Waals surface area contributed by atoms with Crippen molar-refractivity contribution >= 4 is 16.9 Å². The average molecular weight is 407 g/mol. The van der Waals surface area contributed by atoms with Crippen LogP contribution >= 0.6 is 0 Å². The number of benzene rings is 1. The fourth-order valence-corrected chi connectivity index (χ4v) is 4.28. The molecule has 0 bridgehead atoms. The van der Waals surface area contributed by atoms with Crippen molar-refractivity contribution in [2.24, 2.45) is 19.8 Å². The Bertz CT molecular complexity index is 1220. The number of carbonyl (C=O) groups excluding carboxylic acids is 1. The van der Waals surface area contributed by atoms with Gasteiger partial charge in [0.05, 0.1) is 5.39 Å². The number of piperidine rings is 1. The number of aromatic nitrogens is 3. The lowest BCUT2D eigenvalue weighted by molar-refractivity contribution is -0.134. The average Bonchev–Trinajstić information content (AvgIpc) is 2.80. The van der Waals surface area contributed by atoms with Gasteiger partial charge in [0.1, 0.15) is 11.7 Å². The SMILES string of the molecule is Cn1c(=O)c2c([C@@H]3CCCN(C(=O)[C@@H](N)c4ccccc4)C3)ccnc2n(C)c1=O. The van der Waals surface area contributed by atoms with Crippen LogP contribution in [0.15, 0.2) is 52.2 Å². The molecule has 1 aromatic carbocycles. The van der Waals surface area contributed by atoms with Gasteiger partial charge in [-0.15, -0.1) is 0 Å². The number of likely N-dealkylation sites (tertiary alicyclic amines) is 1. The lowest BCUT2D eigenvalue weighted by Gasteiger charge is -2.35. The third kappa shape index (κ3) is 3.33. The Morgan fingerprint density at radius 2 is 1.87 bits per heavy atom. The smallest absolute Gasteiger partial charge is 0.332 e. The van der Waals surface area contributed by atoms with E-state index in [1.807, 2.05) is 36.4 Å². The second-order valence-electron chi connectivity index (χ2n) is 7.82. The number of nitrogens with two attached hydrogens (primary N) is 1. The van der Waals surface area contributed by atoms with Gasteiger partial charge >= 0.3 is 5.69 Å². The van der Waals surface area contributed by atoms with E-state index >= 15 is 0 Å². The van der Waals surface area contributed by atoms with Crippen molar-refractivity contribution in [3.63, 3.8) is 0 Å². The lowest BCUT2D eigenvalue weighted by Crippen LogP contribution is -2.44. The summed E-state index contributed by atoms with van der Waals surface area (Å²) in [6.45, 7) is 1.11. The van der Waals surface area contributed by atoms with Crippen LogP contribution in [0.1, 0.15) is 35.9 Å². The van der Waals surface area contributed by atoms with Crippen molar-refractivity contribution in [3.8, 4) is 0 Å². The molecule has 156 valence electrons. The highest BCUT2D eigenvalue weighted by molar-refractivity contribution is 5.83. The first-order valence-electron chi connectivity index (χ1n) is 10.0. The summed E-state index contributed by atoms with van der Waals surface area (Å²) in [5.41, 5.74) is 7.43. The van der Waals surface area contributed by atoms with Crippen LogP contribution in [0.25, 0.3) is 11.0 Å². The molecule has 1 saturated heterocycles. The summed E-state index contributed by atoms with van der Waals surface area (Å²) in [6, 6.07) is 10.4. The number of nitrogens with zero attached hydrogens (tertiary/aromatic N) is 4. The highest BCUT2D eigenvalue weighted by Crippen LogP contribution is 2.30. The van der Waals surface area contributed by atoms with Crippen molar-refractivity contribution in [1.29, 1.82) is 0 Å². The minimum absolute atomic E-state index is 0.0265. The van der Waals surface area contributed by atoms with E-state index in [2.05, 4.69) is 4.98 Å². The Kier molecular flexibility index (Phi) is 5.26. The number of pyridine rings is 1. The first kappa shape index (κ1) is 20.0. The summed E-state index contributed by atoms with van der Waals surface area (Å²) in [7, 11) is 3.08. The topological polar surface area (TPSA) is 103 Å². The molecule has 3 heterocycles. The zero-order valence-electron chi connectivity index (χ0n) is 17.1. The maximum Gasteiger partial charge on any atom is 0.332 e. The zero-order valence-corrected chi connectivity index (χ0v) is 17.1. The van der Waals surface area contributed by atoms with Gasteiger partial charge in [-0.25, -0.2) is 9.78 Å². The van der Waals surface area contributed by atoms with E-state index in [1.54, 1.807) is 18.1 Å². The summed E-state index contributed by atoms with van der Waals surface area (Å²) in [5.74, 6) is -0.147. The number of hydrogen-bond donors (Lipinski definition) is 1. The number of amides is 1. The highest BCUT2D eigenvalue weighted by Gasteiger charge is 2.30. The first-order valence-corrected chi connectivity index (χ1v) is 10.0. The molecule has 2 atom stereocenters. The van der Waals surface area contributed by atoms with Crippen LogP contribution in [-0.2, 0) is 18.9 Å². The maximum atomic E-state index is 13.0. The van der Waals surface area contributed by atoms with Crippen LogP contribution in [0.5, 0.6) is 0 Å². The molecular weight excluding hydrogens is 382 g/mol. The summed E-state index contributed by atoms with van der Waals surface area (Å²) >= 11 is 0. The van der Waals surface area contributed by atoms with E-state index in [9.17, 15) is 14.4 Å². The van der Waals surface area contributed by atoms with Gasteiger partial charge in [-0.2, -0.15) is 0 Å². The van der Waals surface area contributed by atoms with Gasteiger partial charge in [-0.1, -0.05) is 30.3 Å². The Morgan fingerprint density at radius 1 is 1.13 bits per heavy atom. The minimum Gasteiger partial charge on any atom is -0.340 e. The molecule has 8 nitrogen and oxygen atoms in total. The van der Waals surface area contributed by atoms with Crippen LogP contribution in [0.4, 0.5) is 0 Å². The molecular formula is C22H25N5O3. The molecule has 3 aromatic rings. The third-order valence-corrected chi connectivity index (χ3v) is 5.97. The molecule has 4 rings (SSSR count). The normalized spacial score (nSPS) is 17.8. The summed E-state index contributed by atoms with van der Waals surface area (Å²) in [5, 5.41) is 0.439. The molecule has 1 amide bonds. The van der Waals surface area contributed by atoms with Gasteiger partial charge in [0.25, 0.3) is 5.56 Å². The summed E-state index contributed by atoms with van der Waals surface area (Å²) in [6.07, 6.45) is 3.27. The molecule has 0 saturated carbocycles. The van der Waals surface area contributed by atoms with E-state index in [0.29, 0.717) is 24.1 Å². The predicted octanol–water partition coefficient (Wildman–Crippen LogP) is 1.04. The monoisotopic (exact) mass is 407 g/mol. The zero-order chi connectivity index (χ0) is 21.4. The van der Waals surface area contributed by atoms with E-state index in [1.165, 1.54) is 11.6 Å². The molecule has 0 radical (unpaired) electrons. The van der Waals surface area contributed by atoms with Crippen LogP contribution < -0.4 is 17.0 Å². The number of aryl methyl sites for hydroxylation is 1. The van der Waals surface area contributed by atoms with E-state index < -0.39 is 11.7 Å². The third-order valence-electron chi connectivity index (χ3n) is 5.97. The van der Waals surface area contributed by atoms with E-state index in [0.717, 1.165) is 28.5 Å². The van der Waals surface area contributed by atoms with Crippen LogP contribution in [0, 0.1) is 0 Å². The van der Waals surface area contributed by atoms with Crippen LogP contribution in [0.2, 0.25) is 0 Å². The number of hydrogen-bond acceptors (Lipinski definition) is 5. The summed E-state index contributed by atoms with van der Waals surface area (Å²) < 4.78 is 2.49. The maximum absolute atomic E-state index is 13.0. The highest BCUT2D eigenvalue weighted by atomic mass is 16.2. The predicted molar refractivity (Wildman–Crippen MR) is 114 cm³/mol. The van der Waals surface area contributed by atoms with E-state index in [-0.39, 0.29) is 17.4 Å². The molecule has 8 heteroatoms. The van der Waals surface area contributed by atoms with Crippen LogP contribution in [-0.4, -0.2) is 38.0 Å². The fourth-order valence-electron chi connectivity index (χ4n) is 4.28. The lowest BCUT2D eigenvalue weighted by atomic mass is 9.89. The largest absolute Gasteiger partial charge is 0.340 e. The summed E-state index contributed by atoms with van der Waals surface area (Å²) in [4.78, 5) is 44.2. The Morgan fingerprint density at radius 3 is 2.60 bits per heavy atom. The molecule has 1 aliphatic heterocycles. The first-order chi connectivity index (χ1) is 14.4. The molecule has 0 aliphatic carbocycles. The number of rotatable bonds is 3. The second-order valence-corrected chi connectivity index (χ2v) is 7.82.